The number of ether oxygens (including phenoxy) is 2. The maximum atomic E-state index is 5.11. The number of methoxy groups -OCH3 is 2. The highest BCUT2D eigenvalue weighted by Crippen LogP contribution is 2.28. The first-order valence-electron chi connectivity index (χ1n) is 4.56. The van der Waals surface area contributed by atoms with Crippen LogP contribution in [-0.2, 0) is 0 Å². The summed E-state index contributed by atoms with van der Waals surface area (Å²) in [4.78, 5) is 7.87. The summed E-state index contributed by atoms with van der Waals surface area (Å²) in [5.41, 5.74) is 1.54. The fourth-order valence-corrected chi connectivity index (χ4v) is 1.26. The molecule has 16 heavy (non-hydrogen) atoms. The Kier molecular flexibility index (Phi) is 2.90. The third-order valence-corrected chi connectivity index (χ3v) is 2.01. The van der Waals surface area contributed by atoms with E-state index in [4.69, 9.17) is 9.47 Å². The fourth-order valence-electron chi connectivity index (χ4n) is 1.26. The molecule has 0 saturated carbocycles. The van der Waals surface area contributed by atoms with Gasteiger partial charge in [-0.2, -0.15) is 0 Å². The van der Waals surface area contributed by atoms with Crippen LogP contribution in [0.3, 0.4) is 0 Å². The Morgan fingerprint density at radius 1 is 1.00 bits per heavy atom. The van der Waals surface area contributed by atoms with Crippen LogP contribution in [0, 0.1) is 0 Å². The Bertz CT molecular complexity index is 476. The Hall–Kier alpha value is -2.24. The molecule has 82 valence electrons. The van der Waals surface area contributed by atoms with E-state index in [1.807, 2.05) is 0 Å². The summed E-state index contributed by atoms with van der Waals surface area (Å²) in [5.74, 6) is 0.829. The number of aromatic nitrogens is 4. The van der Waals surface area contributed by atoms with E-state index >= 15 is 0 Å². The van der Waals surface area contributed by atoms with Crippen molar-refractivity contribution < 1.29 is 9.47 Å². The zero-order valence-corrected chi connectivity index (χ0v) is 8.91. The van der Waals surface area contributed by atoms with E-state index < -0.39 is 0 Å². The minimum atomic E-state index is 0.413. The molecule has 0 aromatic carbocycles. The van der Waals surface area contributed by atoms with Crippen molar-refractivity contribution in [1.29, 1.82) is 0 Å². The highest BCUT2D eigenvalue weighted by molar-refractivity contribution is 5.67. The van der Waals surface area contributed by atoms with Gasteiger partial charge in [0.05, 0.1) is 19.8 Å². The van der Waals surface area contributed by atoms with Gasteiger partial charge in [-0.25, -0.2) is 9.97 Å². The SMILES string of the molecule is COc1cc(-c2cncnc2)c(OC)nn1. The molecule has 0 aliphatic carbocycles. The number of hydrogen-bond acceptors (Lipinski definition) is 6. The summed E-state index contributed by atoms with van der Waals surface area (Å²) in [6, 6.07) is 1.73. The molecule has 0 N–H and O–H groups in total. The second-order valence-electron chi connectivity index (χ2n) is 2.94. The maximum Gasteiger partial charge on any atom is 0.241 e. The van der Waals surface area contributed by atoms with E-state index in [9.17, 15) is 0 Å². The van der Waals surface area contributed by atoms with Crippen molar-refractivity contribution in [1.82, 2.24) is 20.2 Å². The largest absolute Gasteiger partial charge is 0.480 e. The molecule has 0 amide bonds. The van der Waals surface area contributed by atoms with E-state index in [1.165, 1.54) is 20.5 Å². The molecule has 2 rings (SSSR count). The van der Waals surface area contributed by atoms with Gasteiger partial charge in [-0.05, 0) is 0 Å². The van der Waals surface area contributed by atoms with Gasteiger partial charge in [0.2, 0.25) is 11.8 Å². The first-order chi connectivity index (χ1) is 7.85. The van der Waals surface area contributed by atoms with E-state index in [0.717, 1.165) is 11.1 Å². The first kappa shape index (κ1) is 10.3. The Labute approximate surface area is 92.3 Å². The summed E-state index contributed by atoms with van der Waals surface area (Å²) < 4.78 is 10.1. The molecule has 6 nitrogen and oxygen atoms in total. The smallest absolute Gasteiger partial charge is 0.241 e. The van der Waals surface area contributed by atoms with Crippen LogP contribution in [0.15, 0.2) is 24.8 Å². The zero-order chi connectivity index (χ0) is 11.4. The monoisotopic (exact) mass is 218 g/mol. The highest BCUT2D eigenvalue weighted by Gasteiger charge is 2.10. The van der Waals surface area contributed by atoms with Gasteiger partial charge in [0.15, 0.2) is 0 Å². The molecule has 0 aliphatic heterocycles. The average molecular weight is 218 g/mol. The quantitative estimate of drug-likeness (QED) is 0.763. The minimum absolute atomic E-state index is 0.413. The molecule has 2 heterocycles. The van der Waals surface area contributed by atoms with Gasteiger partial charge in [0.25, 0.3) is 0 Å². The Balaban J connectivity index is 2.53. The molecule has 0 saturated heterocycles. The van der Waals surface area contributed by atoms with Gasteiger partial charge >= 0.3 is 0 Å². The van der Waals surface area contributed by atoms with Crippen LogP contribution < -0.4 is 9.47 Å². The predicted molar refractivity (Wildman–Crippen MR) is 56.2 cm³/mol. The van der Waals surface area contributed by atoms with Crippen LogP contribution in [0.2, 0.25) is 0 Å². The van der Waals surface area contributed by atoms with E-state index in [2.05, 4.69) is 20.2 Å². The summed E-state index contributed by atoms with van der Waals surface area (Å²) in [6.45, 7) is 0. The van der Waals surface area contributed by atoms with Gasteiger partial charge in [-0.1, -0.05) is 0 Å². The van der Waals surface area contributed by atoms with Crippen LogP contribution in [0.25, 0.3) is 11.1 Å². The Morgan fingerprint density at radius 2 is 1.75 bits per heavy atom. The summed E-state index contributed by atoms with van der Waals surface area (Å²) in [6.07, 6.45) is 4.81. The van der Waals surface area contributed by atoms with Crippen molar-refractivity contribution in [2.24, 2.45) is 0 Å². The van der Waals surface area contributed by atoms with Gasteiger partial charge in [0, 0.05) is 24.0 Å². The lowest BCUT2D eigenvalue weighted by molar-refractivity contribution is 0.369. The van der Waals surface area contributed by atoms with Gasteiger partial charge in [-0.3, -0.25) is 0 Å². The molecular formula is C10H10N4O2. The van der Waals surface area contributed by atoms with E-state index in [1.54, 1.807) is 18.5 Å². The Morgan fingerprint density at radius 3 is 2.38 bits per heavy atom. The van der Waals surface area contributed by atoms with Crippen LogP contribution in [0.1, 0.15) is 0 Å². The molecule has 0 spiro atoms. The zero-order valence-electron chi connectivity index (χ0n) is 8.91. The molecule has 0 atom stereocenters. The van der Waals surface area contributed by atoms with Gasteiger partial charge < -0.3 is 9.47 Å². The molecular weight excluding hydrogens is 208 g/mol. The molecule has 0 radical (unpaired) electrons. The highest BCUT2D eigenvalue weighted by atomic mass is 16.5. The molecule has 0 aliphatic rings. The standard InChI is InChI=1S/C10H10N4O2/c1-15-9-3-8(10(16-2)14-13-9)7-4-11-6-12-5-7/h3-6H,1-2H3. The van der Waals surface area contributed by atoms with Crippen molar-refractivity contribution in [3.63, 3.8) is 0 Å². The predicted octanol–water partition coefficient (Wildman–Crippen LogP) is 0.951. The number of nitrogens with zero attached hydrogens (tertiary/aromatic N) is 4. The maximum absolute atomic E-state index is 5.11. The van der Waals surface area contributed by atoms with Crippen LogP contribution >= 0.6 is 0 Å². The first-order valence-corrected chi connectivity index (χ1v) is 4.56. The second kappa shape index (κ2) is 4.52. The summed E-state index contributed by atoms with van der Waals surface area (Å²) in [7, 11) is 3.06. The van der Waals surface area contributed by atoms with E-state index in [0.29, 0.717) is 11.8 Å². The fraction of sp³-hybridized carbons (Fsp3) is 0.200. The molecule has 6 heteroatoms. The minimum Gasteiger partial charge on any atom is -0.480 e. The van der Waals surface area contributed by atoms with E-state index in [-0.39, 0.29) is 0 Å². The summed E-state index contributed by atoms with van der Waals surface area (Å²) >= 11 is 0. The lowest BCUT2D eigenvalue weighted by Gasteiger charge is -2.07. The van der Waals surface area contributed by atoms with Gasteiger partial charge in [0.1, 0.15) is 6.33 Å². The lowest BCUT2D eigenvalue weighted by atomic mass is 10.1. The van der Waals surface area contributed by atoms with Gasteiger partial charge in [-0.15, -0.1) is 10.2 Å². The van der Waals surface area contributed by atoms with Crippen molar-refractivity contribution in [2.45, 2.75) is 0 Å². The molecule has 2 aromatic heterocycles. The van der Waals surface area contributed by atoms with Crippen molar-refractivity contribution >= 4 is 0 Å². The molecule has 0 fully saturated rings. The topological polar surface area (TPSA) is 70.0 Å². The third kappa shape index (κ3) is 1.90. The lowest BCUT2D eigenvalue weighted by Crippen LogP contribution is -1.97. The van der Waals surface area contributed by atoms with Crippen molar-refractivity contribution in [3.05, 3.63) is 24.8 Å². The molecule has 0 bridgehead atoms. The number of hydrogen-bond donors (Lipinski definition) is 0. The molecule has 2 aromatic rings. The van der Waals surface area contributed by atoms with Crippen molar-refractivity contribution in [2.75, 3.05) is 14.2 Å². The van der Waals surface area contributed by atoms with Crippen LogP contribution in [0.5, 0.6) is 11.8 Å². The number of rotatable bonds is 3. The molecule has 0 unspecified atom stereocenters. The average Bonchev–Trinajstić information content (AvgIpc) is 2.39. The normalized spacial score (nSPS) is 9.88. The van der Waals surface area contributed by atoms with Crippen molar-refractivity contribution in [3.8, 4) is 22.9 Å². The summed E-state index contributed by atoms with van der Waals surface area (Å²) in [5, 5.41) is 7.71. The van der Waals surface area contributed by atoms with Crippen LogP contribution in [0.4, 0.5) is 0 Å². The third-order valence-electron chi connectivity index (χ3n) is 2.01. The second-order valence-corrected chi connectivity index (χ2v) is 2.94. The van der Waals surface area contributed by atoms with Crippen LogP contribution in [-0.4, -0.2) is 34.4 Å².